The Balaban J connectivity index is 2.57. The van der Waals surface area contributed by atoms with E-state index in [1.165, 1.54) is 0 Å². The van der Waals surface area contributed by atoms with E-state index in [9.17, 15) is 4.79 Å². The van der Waals surface area contributed by atoms with Gasteiger partial charge in [0.15, 0.2) is 0 Å². The van der Waals surface area contributed by atoms with Crippen LogP contribution in [0, 0.1) is 0 Å². The molecule has 100 valence electrons. The number of anilines is 1. The maximum atomic E-state index is 11.7. The highest BCUT2D eigenvalue weighted by Crippen LogP contribution is 2.16. The maximum absolute atomic E-state index is 11.7. The Kier molecular flexibility index (Phi) is 6.39. The Hall–Kier alpha value is -1.39. The van der Waals surface area contributed by atoms with Gasteiger partial charge < -0.3 is 15.8 Å². The fourth-order valence-corrected chi connectivity index (χ4v) is 1.55. The first-order chi connectivity index (χ1) is 8.63. The average molecular weight is 250 g/mol. The molecule has 0 heterocycles. The van der Waals surface area contributed by atoms with Gasteiger partial charge >= 0.3 is 0 Å². The summed E-state index contributed by atoms with van der Waals surface area (Å²) in [6, 6.07) is 7.73. The molecule has 0 spiro atoms. The van der Waals surface area contributed by atoms with Crippen molar-refractivity contribution < 1.29 is 9.53 Å². The molecule has 0 radical (unpaired) electrons. The molecule has 0 saturated heterocycles. The van der Waals surface area contributed by atoms with Gasteiger partial charge in [-0.1, -0.05) is 18.2 Å². The van der Waals surface area contributed by atoms with Crippen LogP contribution in [0.4, 0.5) is 5.69 Å². The molecular formula is C14H22N2O2. The molecule has 18 heavy (non-hydrogen) atoms. The number of hydrogen-bond acceptors (Lipinski definition) is 3. The van der Waals surface area contributed by atoms with Gasteiger partial charge in [-0.3, -0.25) is 4.79 Å². The molecule has 4 heteroatoms. The van der Waals surface area contributed by atoms with Crippen LogP contribution in [0.5, 0.6) is 0 Å². The van der Waals surface area contributed by atoms with Crippen molar-refractivity contribution in [2.75, 3.05) is 11.9 Å². The van der Waals surface area contributed by atoms with Gasteiger partial charge in [-0.2, -0.15) is 0 Å². The van der Waals surface area contributed by atoms with Crippen LogP contribution in [0.3, 0.4) is 0 Å². The maximum Gasteiger partial charge on any atom is 0.224 e. The number of hydrogen-bond donors (Lipinski definition) is 2. The number of ether oxygens (including phenoxy) is 1. The van der Waals surface area contributed by atoms with E-state index in [0.29, 0.717) is 26.1 Å². The molecule has 1 atom stereocenters. The van der Waals surface area contributed by atoms with Crippen LogP contribution in [0.25, 0.3) is 0 Å². The minimum Gasteiger partial charge on any atom is -0.377 e. The molecule has 0 fully saturated rings. The quantitative estimate of drug-likeness (QED) is 0.780. The third kappa shape index (κ3) is 5.29. The lowest BCUT2D eigenvalue weighted by molar-refractivity contribution is -0.116. The topological polar surface area (TPSA) is 64.3 Å². The second kappa shape index (κ2) is 7.84. The van der Waals surface area contributed by atoms with E-state index >= 15 is 0 Å². The number of benzene rings is 1. The fourth-order valence-electron chi connectivity index (χ4n) is 1.55. The number of para-hydroxylation sites is 1. The normalized spacial score (nSPS) is 12.2. The van der Waals surface area contributed by atoms with E-state index in [1.807, 2.05) is 38.1 Å². The summed E-state index contributed by atoms with van der Waals surface area (Å²) in [6.45, 7) is 5.02. The SMILES string of the molecule is CCOCc1ccccc1NC(=O)CCC(C)N. The van der Waals surface area contributed by atoms with Crippen LogP contribution >= 0.6 is 0 Å². The smallest absolute Gasteiger partial charge is 0.224 e. The molecule has 1 aromatic rings. The number of carbonyl (C=O) groups excluding carboxylic acids is 1. The van der Waals surface area contributed by atoms with Crippen LogP contribution in [-0.2, 0) is 16.1 Å². The molecule has 0 aliphatic carbocycles. The van der Waals surface area contributed by atoms with Crippen LogP contribution in [0.2, 0.25) is 0 Å². The zero-order chi connectivity index (χ0) is 13.4. The summed E-state index contributed by atoms with van der Waals surface area (Å²) >= 11 is 0. The minimum absolute atomic E-state index is 0.00347. The number of amides is 1. The first-order valence-electron chi connectivity index (χ1n) is 6.34. The number of carbonyl (C=O) groups is 1. The molecule has 1 aromatic carbocycles. The molecule has 0 aliphatic heterocycles. The largest absolute Gasteiger partial charge is 0.377 e. The van der Waals surface area contributed by atoms with Crippen molar-refractivity contribution in [3.05, 3.63) is 29.8 Å². The van der Waals surface area contributed by atoms with Gasteiger partial charge in [0.25, 0.3) is 0 Å². The van der Waals surface area contributed by atoms with E-state index < -0.39 is 0 Å². The summed E-state index contributed by atoms with van der Waals surface area (Å²) in [5.41, 5.74) is 7.44. The van der Waals surface area contributed by atoms with Crippen LogP contribution in [0.1, 0.15) is 32.3 Å². The molecule has 4 nitrogen and oxygen atoms in total. The highest BCUT2D eigenvalue weighted by atomic mass is 16.5. The van der Waals surface area contributed by atoms with Gasteiger partial charge in [-0.05, 0) is 26.3 Å². The standard InChI is InChI=1S/C14H22N2O2/c1-3-18-10-12-6-4-5-7-13(12)16-14(17)9-8-11(2)15/h4-7,11H,3,8-10,15H2,1-2H3,(H,16,17). The highest BCUT2D eigenvalue weighted by Gasteiger charge is 2.07. The molecule has 0 aliphatic rings. The lowest BCUT2D eigenvalue weighted by atomic mass is 10.1. The summed E-state index contributed by atoms with van der Waals surface area (Å²) in [6.07, 6.45) is 1.14. The monoisotopic (exact) mass is 250 g/mol. The van der Waals surface area contributed by atoms with E-state index in [2.05, 4.69) is 5.32 Å². The third-order valence-electron chi connectivity index (χ3n) is 2.58. The first-order valence-corrected chi connectivity index (χ1v) is 6.34. The predicted octanol–water partition coefficient (Wildman–Crippen LogP) is 2.29. The van der Waals surface area contributed by atoms with Gasteiger partial charge in [0.05, 0.1) is 6.61 Å². The molecule has 1 unspecified atom stereocenters. The Labute approximate surface area is 109 Å². The van der Waals surface area contributed by atoms with Crippen LogP contribution in [0.15, 0.2) is 24.3 Å². The van der Waals surface area contributed by atoms with Crippen LogP contribution < -0.4 is 11.1 Å². The Morgan fingerprint density at radius 1 is 1.44 bits per heavy atom. The number of nitrogens with one attached hydrogen (secondary N) is 1. The lowest BCUT2D eigenvalue weighted by Crippen LogP contribution is -2.20. The zero-order valence-electron chi connectivity index (χ0n) is 11.1. The van der Waals surface area contributed by atoms with Crippen molar-refractivity contribution in [3.8, 4) is 0 Å². The Bertz CT molecular complexity index is 378. The molecule has 1 amide bonds. The van der Waals surface area contributed by atoms with E-state index in [-0.39, 0.29) is 11.9 Å². The van der Waals surface area contributed by atoms with Crippen molar-refractivity contribution in [3.63, 3.8) is 0 Å². The fraction of sp³-hybridized carbons (Fsp3) is 0.500. The van der Waals surface area contributed by atoms with E-state index in [1.54, 1.807) is 0 Å². The predicted molar refractivity (Wildman–Crippen MR) is 73.3 cm³/mol. The Morgan fingerprint density at radius 3 is 2.83 bits per heavy atom. The van der Waals surface area contributed by atoms with Gasteiger partial charge in [0.1, 0.15) is 0 Å². The van der Waals surface area contributed by atoms with Crippen molar-refractivity contribution in [2.45, 2.75) is 39.3 Å². The molecule has 0 bridgehead atoms. The van der Waals surface area contributed by atoms with Crippen molar-refractivity contribution in [1.82, 2.24) is 0 Å². The van der Waals surface area contributed by atoms with Crippen LogP contribution in [-0.4, -0.2) is 18.6 Å². The Morgan fingerprint density at radius 2 is 2.17 bits per heavy atom. The first kappa shape index (κ1) is 14.7. The van der Waals surface area contributed by atoms with Gasteiger partial charge in [-0.15, -0.1) is 0 Å². The summed E-state index contributed by atoms with van der Waals surface area (Å²) in [7, 11) is 0. The molecule has 0 saturated carbocycles. The van der Waals surface area contributed by atoms with Gasteiger partial charge in [0, 0.05) is 30.3 Å². The molecule has 3 N–H and O–H groups in total. The zero-order valence-corrected chi connectivity index (χ0v) is 11.1. The minimum atomic E-state index is -0.00347. The van der Waals surface area contributed by atoms with Gasteiger partial charge in [-0.25, -0.2) is 0 Å². The van der Waals surface area contributed by atoms with Gasteiger partial charge in [0.2, 0.25) is 5.91 Å². The summed E-state index contributed by atoms with van der Waals surface area (Å²) < 4.78 is 5.37. The van der Waals surface area contributed by atoms with E-state index in [0.717, 1.165) is 11.3 Å². The van der Waals surface area contributed by atoms with Crippen molar-refractivity contribution >= 4 is 11.6 Å². The van der Waals surface area contributed by atoms with Crippen molar-refractivity contribution in [1.29, 1.82) is 0 Å². The second-order valence-corrected chi connectivity index (χ2v) is 4.36. The second-order valence-electron chi connectivity index (χ2n) is 4.36. The summed E-state index contributed by atoms with van der Waals surface area (Å²) in [4.78, 5) is 11.7. The van der Waals surface area contributed by atoms with E-state index in [4.69, 9.17) is 10.5 Å². The summed E-state index contributed by atoms with van der Waals surface area (Å²) in [5, 5.41) is 2.90. The molecular weight excluding hydrogens is 228 g/mol. The average Bonchev–Trinajstić information content (AvgIpc) is 2.35. The summed E-state index contributed by atoms with van der Waals surface area (Å²) in [5.74, 6) is -0.00347. The number of nitrogens with two attached hydrogens (primary N) is 1. The molecule has 1 rings (SSSR count). The molecule has 0 aromatic heterocycles. The lowest BCUT2D eigenvalue weighted by Gasteiger charge is -2.11. The highest BCUT2D eigenvalue weighted by molar-refractivity contribution is 5.91. The number of rotatable bonds is 7. The van der Waals surface area contributed by atoms with Crippen molar-refractivity contribution in [2.24, 2.45) is 5.73 Å². The third-order valence-corrected chi connectivity index (χ3v) is 2.58.